The normalized spacial score (nSPS) is 11.3. The summed E-state index contributed by atoms with van der Waals surface area (Å²) in [5, 5.41) is 3.83. The minimum atomic E-state index is -0.245. The predicted molar refractivity (Wildman–Crippen MR) is 76.9 cm³/mol. The first-order valence-electron chi connectivity index (χ1n) is 5.24. The number of thiocarbonyl (C=S) groups is 1. The molecule has 0 spiro atoms. The number of rotatable bonds is 5. The number of ether oxygens (including phenoxy) is 1. The van der Waals surface area contributed by atoms with Crippen LogP contribution in [0.5, 0.6) is 0 Å². The van der Waals surface area contributed by atoms with Gasteiger partial charge in [-0.2, -0.15) is 0 Å². The van der Waals surface area contributed by atoms with Gasteiger partial charge >= 0.3 is 0 Å². The second kappa shape index (κ2) is 5.67. The third-order valence-electron chi connectivity index (χ3n) is 2.51. The Kier molecular flexibility index (Phi) is 4.74. The van der Waals surface area contributed by atoms with Crippen LogP contribution < -0.4 is 11.1 Å². The summed E-state index contributed by atoms with van der Waals surface area (Å²) in [6.45, 7) is 4.66. The molecule has 94 valence electrons. The van der Waals surface area contributed by atoms with Crippen LogP contribution in [-0.4, -0.2) is 24.2 Å². The van der Waals surface area contributed by atoms with Gasteiger partial charge in [0, 0.05) is 19.2 Å². The van der Waals surface area contributed by atoms with E-state index in [-0.39, 0.29) is 5.60 Å². The molecule has 1 rings (SSSR count). The molecule has 0 unspecified atom stereocenters. The number of halogens is 1. The van der Waals surface area contributed by atoms with Crippen molar-refractivity contribution in [2.45, 2.75) is 19.4 Å². The van der Waals surface area contributed by atoms with Gasteiger partial charge in [-0.3, -0.25) is 0 Å². The van der Waals surface area contributed by atoms with Crippen molar-refractivity contribution < 1.29 is 4.74 Å². The number of methoxy groups -OCH3 is 1. The van der Waals surface area contributed by atoms with Crippen LogP contribution in [0.2, 0.25) is 5.02 Å². The van der Waals surface area contributed by atoms with E-state index in [4.69, 9.17) is 34.3 Å². The average molecular weight is 273 g/mol. The Bertz CT molecular complexity index is 421. The smallest absolute Gasteiger partial charge is 0.104 e. The van der Waals surface area contributed by atoms with E-state index in [1.807, 2.05) is 26.0 Å². The molecular formula is C12H17ClN2OS. The van der Waals surface area contributed by atoms with Crippen LogP contribution in [0.1, 0.15) is 19.4 Å². The van der Waals surface area contributed by atoms with Gasteiger partial charge in [0.2, 0.25) is 0 Å². The molecule has 1 aromatic rings. The number of benzene rings is 1. The monoisotopic (exact) mass is 272 g/mol. The van der Waals surface area contributed by atoms with E-state index in [2.05, 4.69) is 5.32 Å². The topological polar surface area (TPSA) is 47.3 Å². The fourth-order valence-electron chi connectivity index (χ4n) is 1.19. The van der Waals surface area contributed by atoms with Gasteiger partial charge in [-0.25, -0.2) is 0 Å². The average Bonchev–Trinajstić information content (AvgIpc) is 2.27. The SMILES string of the molecule is COC(C)(C)CNc1ccc(C(N)=S)cc1Cl. The minimum absolute atomic E-state index is 0.245. The summed E-state index contributed by atoms with van der Waals surface area (Å²) in [6, 6.07) is 5.46. The van der Waals surface area contributed by atoms with E-state index in [1.54, 1.807) is 13.2 Å². The molecule has 17 heavy (non-hydrogen) atoms. The van der Waals surface area contributed by atoms with Gasteiger partial charge < -0.3 is 15.8 Å². The quantitative estimate of drug-likeness (QED) is 0.810. The molecular weight excluding hydrogens is 256 g/mol. The minimum Gasteiger partial charge on any atom is -0.389 e. The Labute approximate surface area is 112 Å². The molecule has 0 amide bonds. The van der Waals surface area contributed by atoms with Gasteiger partial charge in [0.25, 0.3) is 0 Å². The summed E-state index contributed by atoms with van der Waals surface area (Å²) in [4.78, 5) is 0.343. The van der Waals surface area contributed by atoms with Crippen molar-refractivity contribution in [1.29, 1.82) is 0 Å². The summed E-state index contributed by atoms with van der Waals surface area (Å²) in [6.07, 6.45) is 0. The lowest BCUT2D eigenvalue weighted by Gasteiger charge is -2.24. The van der Waals surface area contributed by atoms with Crippen molar-refractivity contribution in [2.24, 2.45) is 5.73 Å². The molecule has 3 nitrogen and oxygen atoms in total. The lowest BCUT2D eigenvalue weighted by molar-refractivity contribution is 0.0344. The van der Waals surface area contributed by atoms with Gasteiger partial charge in [-0.1, -0.05) is 23.8 Å². The molecule has 5 heteroatoms. The molecule has 0 atom stereocenters. The maximum absolute atomic E-state index is 6.13. The Hall–Kier alpha value is -0.840. The largest absolute Gasteiger partial charge is 0.389 e. The van der Waals surface area contributed by atoms with Crippen LogP contribution in [0.4, 0.5) is 5.69 Å². The van der Waals surface area contributed by atoms with E-state index in [0.717, 1.165) is 11.3 Å². The van der Waals surface area contributed by atoms with Crippen molar-refractivity contribution in [3.63, 3.8) is 0 Å². The molecule has 0 fully saturated rings. The third-order valence-corrected chi connectivity index (χ3v) is 3.06. The maximum Gasteiger partial charge on any atom is 0.104 e. The maximum atomic E-state index is 6.13. The van der Waals surface area contributed by atoms with E-state index < -0.39 is 0 Å². The first-order chi connectivity index (χ1) is 7.85. The first kappa shape index (κ1) is 14.2. The zero-order valence-electron chi connectivity index (χ0n) is 10.2. The van der Waals surface area contributed by atoms with Crippen LogP contribution in [0.15, 0.2) is 18.2 Å². The van der Waals surface area contributed by atoms with Gasteiger partial charge in [0.05, 0.1) is 16.3 Å². The number of nitrogens with one attached hydrogen (secondary N) is 1. The van der Waals surface area contributed by atoms with E-state index in [9.17, 15) is 0 Å². The summed E-state index contributed by atoms with van der Waals surface area (Å²) in [5.74, 6) is 0. The van der Waals surface area contributed by atoms with Gasteiger partial charge in [-0.05, 0) is 32.0 Å². The number of nitrogens with two attached hydrogens (primary N) is 1. The lowest BCUT2D eigenvalue weighted by Crippen LogP contribution is -2.32. The summed E-state index contributed by atoms with van der Waals surface area (Å²) in [5.41, 5.74) is 6.89. The highest BCUT2D eigenvalue weighted by atomic mass is 35.5. The van der Waals surface area contributed by atoms with Crippen LogP contribution in [0.3, 0.4) is 0 Å². The summed E-state index contributed by atoms with van der Waals surface area (Å²) >= 11 is 11.0. The Morgan fingerprint density at radius 3 is 2.65 bits per heavy atom. The zero-order chi connectivity index (χ0) is 13.1. The van der Waals surface area contributed by atoms with E-state index in [1.165, 1.54) is 0 Å². The van der Waals surface area contributed by atoms with Gasteiger partial charge in [-0.15, -0.1) is 0 Å². The van der Waals surface area contributed by atoms with Crippen LogP contribution in [0, 0.1) is 0 Å². The van der Waals surface area contributed by atoms with Gasteiger partial charge in [0.1, 0.15) is 4.99 Å². The van der Waals surface area contributed by atoms with Gasteiger partial charge in [0.15, 0.2) is 0 Å². The summed E-state index contributed by atoms with van der Waals surface area (Å²) in [7, 11) is 1.68. The van der Waals surface area contributed by atoms with Crippen molar-refractivity contribution in [2.75, 3.05) is 19.0 Å². The van der Waals surface area contributed by atoms with E-state index in [0.29, 0.717) is 16.6 Å². The zero-order valence-corrected chi connectivity index (χ0v) is 11.8. The van der Waals surface area contributed by atoms with Crippen LogP contribution in [-0.2, 0) is 4.74 Å². The summed E-state index contributed by atoms with van der Waals surface area (Å²) < 4.78 is 5.31. The second-order valence-corrected chi connectivity index (χ2v) is 5.22. The fourth-order valence-corrected chi connectivity index (χ4v) is 1.57. The molecule has 0 aliphatic rings. The highest BCUT2D eigenvalue weighted by molar-refractivity contribution is 7.80. The number of hydrogen-bond acceptors (Lipinski definition) is 3. The fraction of sp³-hybridized carbons (Fsp3) is 0.417. The third kappa shape index (κ3) is 4.15. The molecule has 0 bridgehead atoms. The van der Waals surface area contributed by atoms with Crippen molar-refractivity contribution in [3.8, 4) is 0 Å². The first-order valence-corrected chi connectivity index (χ1v) is 6.03. The second-order valence-electron chi connectivity index (χ2n) is 4.38. The van der Waals surface area contributed by atoms with Crippen molar-refractivity contribution in [1.82, 2.24) is 0 Å². The Morgan fingerprint density at radius 1 is 1.53 bits per heavy atom. The van der Waals surface area contributed by atoms with Crippen molar-refractivity contribution in [3.05, 3.63) is 28.8 Å². The highest BCUT2D eigenvalue weighted by Crippen LogP contribution is 2.24. The van der Waals surface area contributed by atoms with Crippen LogP contribution in [0.25, 0.3) is 0 Å². The molecule has 0 aliphatic heterocycles. The Balaban J connectivity index is 2.77. The molecule has 0 saturated heterocycles. The molecule has 0 heterocycles. The molecule has 0 radical (unpaired) electrons. The Morgan fingerprint density at radius 2 is 2.18 bits per heavy atom. The highest BCUT2D eigenvalue weighted by Gasteiger charge is 2.16. The van der Waals surface area contributed by atoms with Crippen LogP contribution >= 0.6 is 23.8 Å². The number of hydrogen-bond donors (Lipinski definition) is 2. The predicted octanol–water partition coefficient (Wildman–Crippen LogP) is 2.81. The number of anilines is 1. The molecule has 0 aliphatic carbocycles. The molecule has 0 aromatic heterocycles. The lowest BCUT2D eigenvalue weighted by atomic mass is 10.1. The molecule has 1 aromatic carbocycles. The molecule has 3 N–H and O–H groups in total. The molecule has 0 saturated carbocycles. The van der Waals surface area contributed by atoms with Crippen molar-refractivity contribution >= 4 is 34.5 Å². The van der Waals surface area contributed by atoms with E-state index >= 15 is 0 Å². The standard InChI is InChI=1S/C12H17ClN2OS/c1-12(2,16-3)7-15-10-5-4-8(11(14)17)6-9(10)13/h4-6,15H,7H2,1-3H3,(H2,14,17).